The second-order valence-corrected chi connectivity index (χ2v) is 3.15. The molecule has 0 aliphatic heterocycles. The average molecular weight is 246 g/mol. The Bertz CT molecular complexity index is 520. The molecule has 0 unspecified atom stereocenters. The first kappa shape index (κ1) is 11.5. The van der Waals surface area contributed by atoms with E-state index < -0.39 is 18.5 Å². The highest BCUT2D eigenvalue weighted by molar-refractivity contribution is 5.20. The van der Waals surface area contributed by atoms with Crippen LogP contribution in [0.15, 0.2) is 24.7 Å². The van der Waals surface area contributed by atoms with Crippen molar-refractivity contribution >= 4 is 0 Å². The van der Waals surface area contributed by atoms with Crippen LogP contribution in [-0.4, -0.2) is 19.7 Å². The minimum absolute atomic E-state index is 0.0339. The molecule has 0 atom stereocenters. The molecule has 0 aliphatic rings. The fourth-order valence-corrected chi connectivity index (χ4v) is 1.17. The molecule has 0 amide bonds. The van der Waals surface area contributed by atoms with Crippen LogP contribution in [-0.2, 0) is 12.9 Å². The smallest absolute Gasteiger partial charge is 0.259 e. The van der Waals surface area contributed by atoms with Crippen LogP contribution in [0, 0.1) is 0 Å². The maximum atomic E-state index is 12.3. The lowest BCUT2D eigenvalue weighted by atomic mass is 10.4. The molecule has 0 aromatic carbocycles. The summed E-state index contributed by atoms with van der Waals surface area (Å²) in [5.41, 5.74) is -1.00. The van der Waals surface area contributed by atoms with Crippen molar-refractivity contribution in [3.8, 4) is 5.82 Å². The van der Waals surface area contributed by atoms with E-state index in [0.29, 0.717) is 0 Å². The lowest BCUT2D eigenvalue weighted by Crippen LogP contribution is -2.08. The summed E-state index contributed by atoms with van der Waals surface area (Å²) in [5, 5.41) is 3.29. The lowest BCUT2D eigenvalue weighted by molar-refractivity contribution is -0.141. The topological polar surface area (TPSA) is 43.6 Å². The molecule has 0 fully saturated rings. The summed E-state index contributed by atoms with van der Waals surface area (Å²) in [6.07, 6.45) is -1.03. The van der Waals surface area contributed by atoms with E-state index in [1.54, 1.807) is 0 Å². The van der Waals surface area contributed by atoms with Crippen molar-refractivity contribution in [2.24, 2.45) is 0 Å². The van der Waals surface area contributed by atoms with Gasteiger partial charge in [0.25, 0.3) is 0 Å². The van der Waals surface area contributed by atoms with Crippen molar-refractivity contribution in [1.29, 1.82) is 0 Å². The Balaban J connectivity index is 2.37. The molecule has 0 saturated heterocycles. The molecular weight excluding hydrogens is 240 g/mol. The predicted octanol–water partition coefficient (Wildman–Crippen LogP) is 2.15. The molecule has 8 heteroatoms. The zero-order valence-corrected chi connectivity index (χ0v) is 8.32. The van der Waals surface area contributed by atoms with Gasteiger partial charge in [-0.1, -0.05) is 0 Å². The highest BCUT2D eigenvalue weighted by Crippen LogP contribution is 2.27. The van der Waals surface area contributed by atoms with Gasteiger partial charge in [0.05, 0.1) is 18.1 Å². The molecule has 2 rings (SSSR count). The second kappa shape index (κ2) is 4.11. The van der Waals surface area contributed by atoms with Gasteiger partial charge in [-0.3, -0.25) is 4.98 Å². The summed E-state index contributed by atoms with van der Waals surface area (Å²) >= 11 is 0. The van der Waals surface area contributed by atoms with Gasteiger partial charge in [0.2, 0.25) is 0 Å². The highest BCUT2D eigenvalue weighted by Gasteiger charge is 2.33. The molecule has 0 radical (unpaired) electrons. The number of rotatable bonds is 2. The Morgan fingerprint density at radius 3 is 2.59 bits per heavy atom. The maximum absolute atomic E-state index is 12.3. The van der Waals surface area contributed by atoms with Crippen LogP contribution >= 0.6 is 0 Å². The van der Waals surface area contributed by atoms with E-state index in [9.17, 15) is 17.6 Å². The molecule has 0 aliphatic carbocycles. The van der Waals surface area contributed by atoms with Crippen LogP contribution in [0.1, 0.15) is 11.4 Å². The van der Waals surface area contributed by atoms with Crippen LogP contribution in [0.2, 0.25) is 0 Å². The van der Waals surface area contributed by atoms with Gasteiger partial charge in [-0.25, -0.2) is 14.1 Å². The standard InChI is InChI=1S/C9H6F4N4/c10-3-6-4-14-5-8(15-6)17-2-1-7(16-17)9(11,12)13/h1-2,4-5H,3H2. The quantitative estimate of drug-likeness (QED) is 0.762. The Morgan fingerprint density at radius 1 is 1.24 bits per heavy atom. The molecule has 2 heterocycles. The minimum Gasteiger partial charge on any atom is -0.259 e. The SMILES string of the molecule is FCc1cncc(-n2ccc(C(F)(F)F)n2)n1. The number of hydrogen-bond donors (Lipinski definition) is 0. The van der Waals surface area contributed by atoms with E-state index in [1.165, 1.54) is 12.4 Å². The third-order valence-corrected chi connectivity index (χ3v) is 1.92. The van der Waals surface area contributed by atoms with E-state index in [1.807, 2.05) is 0 Å². The van der Waals surface area contributed by atoms with Gasteiger partial charge in [0, 0.05) is 6.20 Å². The predicted molar refractivity (Wildman–Crippen MR) is 49.0 cm³/mol. The molecule has 4 nitrogen and oxygen atoms in total. The van der Waals surface area contributed by atoms with Crippen molar-refractivity contribution in [1.82, 2.24) is 19.7 Å². The Morgan fingerprint density at radius 2 is 2.00 bits per heavy atom. The van der Waals surface area contributed by atoms with Gasteiger partial charge in [-0.2, -0.15) is 18.3 Å². The maximum Gasteiger partial charge on any atom is 0.435 e. The first-order valence-corrected chi connectivity index (χ1v) is 4.51. The summed E-state index contributed by atoms with van der Waals surface area (Å²) in [6, 6.07) is 0.809. The van der Waals surface area contributed by atoms with Crippen molar-refractivity contribution in [3.63, 3.8) is 0 Å². The van der Waals surface area contributed by atoms with Gasteiger partial charge in [0.1, 0.15) is 6.67 Å². The number of alkyl halides is 4. The number of hydrogen-bond acceptors (Lipinski definition) is 3. The second-order valence-electron chi connectivity index (χ2n) is 3.15. The Labute approximate surface area is 92.9 Å². The Hall–Kier alpha value is -1.99. The molecule has 2 aromatic rings. The van der Waals surface area contributed by atoms with Crippen LogP contribution in [0.25, 0.3) is 5.82 Å². The normalized spacial score (nSPS) is 11.8. The number of aromatic nitrogens is 4. The minimum atomic E-state index is -4.52. The molecule has 0 saturated carbocycles. The van der Waals surface area contributed by atoms with E-state index in [0.717, 1.165) is 16.9 Å². The summed E-state index contributed by atoms with van der Waals surface area (Å²) in [5.74, 6) is 0.0376. The molecular formula is C9H6F4N4. The van der Waals surface area contributed by atoms with Crippen LogP contribution in [0.4, 0.5) is 17.6 Å². The largest absolute Gasteiger partial charge is 0.435 e. The molecule has 0 N–H and O–H groups in total. The van der Waals surface area contributed by atoms with E-state index >= 15 is 0 Å². The summed E-state index contributed by atoms with van der Waals surface area (Å²) < 4.78 is 50.1. The monoisotopic (exact) mass is 246 g/mol. The van der Waals surface area contributed by atoms with Crippen LogP contribution in [0.5, 0.6) is 0 Å². The molecule has 17 heavy (non-hydrogen) atoms. The fraction of sp³-hybridized carbons (Fsp3) is 0.222. The van der Waals surface area contributed by atoms with E-state index in [4.69, 9.17) is 0 Å². The van der Waals surface area contributed by atoms with Gasteiger partial charge in [-0.05, 0) is 6.07 Å². The zero-order valence-electron chi connectivity index (χ0n) is 8.32. The van der Waals surface area contributed by atoms with Crippen molar-refractivity contribution < 1.29 is 17.6 Å². The van der Waals surface area contributed by atoms with Gasteiger partial charge >= 0.3 is 6.18 Å². The van der Waals surface area contributed by atoms with Gasteiger partial charge in [0.15, 0.2) is 11.5 Å². The van der Waals surface area contributed by atoms with Crippen LogP contribution < -0.4 is 0 Å². The van der Waals surface area contributed by atoms with E-state index in [-0.39, 0.29) is 11.5 Å². The third-order valence-electron chi connectivity index (χ3n) is 1.92. The first-order valence-electron chi connectivity index (χ1n) is 4.51. The lowest BCUT2D eigenvalue weighted by Gasteiger charge is -2.02. The molecule has 0 spiro atoms. The third kappa shape index (κ3) is 2.40. The van der Waals surface area contributed by atoms with Crippen LogP contribution in [0.3, 0.4) is 0 Å². The molecule has 90 valence electrons. The highest BCUT2D eigenvalue weighted by atomic mass is 19.4. The number of nitrogens with zero attached hydrogens (tertiary/aromatic N) is 4. The van der Waals surface area contributed by atoms with Crippen molar-refractivity contribution in [2.45, 2.75) is 12.9 Å². The average Bonchev–Trinajstić information content (AvgIpc) is 2.78. The number of halogens is 4. The zero-order chi connectivity index (χ0) is 12.5. The van der Waals surface area contributed by atoms with Gasteiger partial charge < -0.3 is 0 Å². The summed E-state index contributed by atoms with van der Waals surface area (Å²) in [6.45, 7) is -0.839. The first-order chi connectivity index (χ1) is 8.00. The van der Waals surface area contributed by atoms with Crippen molar-refractivity contribution in [3.05, 3.63) is 36.0 Å². The molecule has 0 bridgehead atoms. The Kier molecular flexibility index (Phi) is 2.78. The van der Waals surface area contributed by atoms with E-state index in [2.05, 4.69) is 15.1 Å². The molecule has 2 aromatic heterocycles. The van der Waals surface area contributed by atoms with Crippen molar-refractivity contribution in [2.75, 3.05) is 0 Å². The summed E-state index contributed by atoms with van der Waals surface area (Å²) in [4.78, 5) is 7.41. The summed E-state index contributed by atoms with van der Waals surface area (Å²) in [7, 11) is 0. The van der Waals surface area contributed by atoms with Gasteiger partial charge in [-0.15, -0.1) is 0 Å². The fourth-order valence-electron chi connectivity index (χ4n) is 1.17.